The minimum Gasteiger partial charge on any atom is -0.469 e. The number of nitrogens with zero attached hydrogens (tertiary/aromatic N) is 3. The zero-order chi connectivity index (χ0) is 29.4. The molecule has 42 heavy (non-hydrogen) atoms. The molecule has 3 aromatic rings. The van der Waals surface area contributed by atoms with E-state index < -0.39 is 29.2 Å². The fraction of sp³-hybridized carbons (Fsp3) is 0.433. The van der Waals surface area contributed by atoms with Crippen LogP contribution in [0.25, 0.3) is 5.69 Å². The van der Waals surface area contributed by atoms with Gasteiger partial charge in [-0.05, 0) is 81.3 Å². The van der Waals surface area contributed by atoms with E-state index >= 15 is 4.39 Å². The molecule has 5 aliphatic rings. The van der Waals surface area contributed by atoms with Crippen LogP contribution in [0.4, 0.5) is 18.9 Å². The van der Waals surface area contributed by atoms with Gasteiger partial charge in [0.15, 0.2) is 17.2 Å². The second kappa shape index (κ2) is 9.13. The maximum absolute atomic E-state index is 15.0. The Hall–Kier alpha value is -4.24. The Labute approximate surface area is 239 Å². The number of nitrogens with one attached hydrogen (secondary N) is 1. The van der Waals surface area contributed by atoms with Gasteiger partial charge < -0.3 is 24.3 Å². The highest BCUT2D eigenvalue weighted by atomic mass is 19.3. The third-order valence-electron chi connectivity index (χ3n) is 8.81. The van der Waals surface area contributed by atoms with E-state index in [0.29, 0.717) is 42.6 Å². The van der Waals surface area contributed by atoms with Crippen molar-refractivity contribution in [1.82, 2.24) is 9.78 Å². The summed E-state index contributed by atoms with van der Waals surface area (Å²) >= 11 is 0. The number of carbonyl (C=O) groups excluding carboxylic acids is 1. The highest BCUT2D eigenvalue weighted by Crippen LogP contribution is 2.70. The van der Waals surface area contributed by atoms with Crippen molar-refractivity contribution in [2.24, 2.45) is 5.41 Å². The molecule has 2 bridgehead atoms. The molecule has 3 fully saturated rings. The summed E-state index contributed by atoms with van der Waals surface area (Å²) in [5, 5.41) is 17.5. The maximum Gasteiger partial charge on any atom is 0.586 e. The minimum atomic E-state index is -3.73. The molecule has 1 N–H and O–H groups in total. The molecule has 2 atom stereocenters. The second-order valence-corrected chi connectivity index (χ2v) is 11.6. The van der Waals surface area contributed by atoms with Crippen molar-refractivity contribution in [3.8, 4) is 23.3 Å². The molecule has 0 saturated heterocycles. The third kappa shape index (κ3) is 4.09. The van der Waals surface area contributed by atoms with Gasteiger partial charge in [0.1, 0.15) is 18.0 Å². The molecular weight excluding hydrogens is 553 g/mol. The molecular formula is C30H27F3N4O5. The number of methoxy groups -OCH3 is 1. The van der Waals surface area contributed by atoms with E-state index in [2.05, 4.69) is 26.0 Å². The molecule has 2 aromatic carbocycles. The fourth-order valence-corrected chi connectivity index (χ4v) is 6.90. The number of rotatable bonds is 7. The van der Waals surface area contributed by atoms with Crippen molar-refractivity contribution in [1.29, 1.82) is 5.26 Å². The Kier molecular flexibility index (Phi) is 5.79. The minimum absolute atomic E-state index is 0.0722. The number of nitriles is 1. The van der Waals surface area contributed by atoms with Crippen LogP contribution in [0.2, 0.25) is 0 Å². The molecule has 0 spiro atoms. The number of alkyl halides is 2. The zero-order valence-corrected chi connectivity index (χ0v) is 22.9. The quantitative estimate of drug-likeness (QED) is 0.346. The number of ether oxygens (including phenoxy) is 4. The molecule has 0 amide bonds. The average Bonchev–Trinajstić information content (AvgIpc) is 3.46. The molecule has 8 rings (SSSR count). The summed E-state index contributed by atoms with van der Waals surface area (Å²) in [4.78, 5) is 12.2. The van der Waals surface area contributed by atoms with E-state index in [1.165, 1.54) is 25.3 Å². The molecule has 2 heterocycles. The number of fused-ring (bicyclic) bond motifs is 2. The van der Waals surface area contributed by atoms with E-state index in [9.17, 15) is 18.8 Å². The summed E-state index contributed by atoms with van der Waals surface area (Å²) in [6, 6.07) is 10.6. The van der Waals surface area contributed by atoms with Gasteiger partial charge in [-0.2, -0.15) is 10.4 Å². The number of hydrogen-bond donors (Lipinski definition) is 1. The Morgan fingerprint density at radius 1 is 1.19 bits per heavy atom. The molecule has 4 aliphatic carbocycles. The van der Waals surface area contributed by atoms with Crippen molar-refractivity contribution in [2.45, 2.75) is 69.5 Å². The summed E-state index contributed by atoms with van der Waals surface area (Å²) in [6.45, 7) is 1.76. The first-order valence-corrected chi connectivity index (χ1v) is 13.8. The maximum atomic E-state index is 15.0. The lowest BCUT2D eigenvalue weighted by molar-refractivity contribution is -0.301. The standard InChI is InChI=1S/C30H27F3N4O5/c1-16(17-6-9-23-25(10-17)42-30(32,33)41-23)35-21-11-18(7-8-20(21)31)37-26-19(22(12-34)36-37)4-3-5-24(26)40-29-13-28(14-29,15-29)27(38)39-2/h6-11,16,24,35H,3-5,13-15H2,1-2H3/t16-,24-,28?,29?/m0/s1. The monoisotopic (exact) mass is 580 g/mol. The largest absolute Gasteiger partial charge is 0.586 e. The summed E-state index contributed by atoms with van der Waals surface area (Å²) < 4.78 is 64.2. The lowest BCUT2D eigenvalue weighted by Gasteiger charge is -2.68. The highest BCUT2D eigenvalue weighted by molar-refractivity contribution is 5.81. The van der Waals surface area contributed by atoms with E-state index in [1.807, 2.05) is 0 Å². The lowest BCUT2D eigenvalue weighted by Crippen LogP contribution is -2.71. The number of anilines is 1. The van der Waals surface area contributed by atoms with Crippen molar-refractivity contribution in [3.63, 3.8) is 0 Å². The predicted molar refractivity (Wildman–Crippen MR) is 141 cm³/mol. The van der Waals surface area contributed by atoms with Gasteiger partial charge in [0, 0.05) is 11.6 Å². The van der Waals surface area contributed by atoms with Gasteiger partial charge in [-0.15, -0.1) is 8.78 Å². The van der Waals surface area contributed by atoms with Crippen molar-refractivity contribution in [2.75, 3.05) is 12.4 Å². The van der Waals surface area contributed by atoms with Crippen LogP contribution < -0.4 is 14.8 Å². The fourth-order valence-electron chi connectivity index (χ4n) is 6.90. The Bertz CT molecular complexity index is 1650. The van der Waals surface area contributed by atoms with Crippen molar-refractivity contribution < 1.29 is 36.9 Å². The first-order valence-electron chi connectivity index (χ1n) is 13.8. The van der Waals surface area contributed by atoms with Crippen molar-refractivity contribution in [3.05, 3.63) is 64.7 Å². The Morgan fingerprint density at radius 3 is 2.69 bits per heavy atom. The highest BCUT2D eigenvalue weighted by Gasteiger charge is 2.74. The molecule has 1 aliphatic heterocycles. The smallest absolute Gasteiger partial charge is 0.469 e. The molecule has 1 aromatic heterocycles. The van der Waals surface area contributed by atoms with Crippen LogP contribution in [0.3, 0.4) is 0 Å². The van der Waals surface area contributed by atoms with Crippen LogP contribution in [0.5, 0.6) is 11.5 Å². The molecule has 0 radical (unpaired) electrons. The van der Waals surface area contributed by atoms with Gasteiger partial charge >= 0.3 is 12.3 Å². The molecule has 3 saturated carbocycles. The van der Waals surface area contributed by atoms with Crippen LogP contribution in [0.15, 0.2) is 36.4 Å². The normalized spacial score (nSPS) is 26.7. The summed E-state index contributed by atoms with van der Waals surface area (Å²) in [5.41, 5.74) is 2.31. The van der Waals surface area contributed by atoms with Crippen LogP contribution in [-0.4, -0.2) is 34.8 Å². The van der Waals surface area contributed by atoms with Crippen LogP contribution in [0, 0.1) is 22.6 Å². The molecule has 9 nitrogen and oxygen atoms in total. The van der Waals surface area contributed by atoms with Gasteiger partial charge in [0.2, 0.25) is 0 Å². The third-order valence-corrected chi connectivity index (χ3v) is 8.81. The SMILES string of the molecule is COC(=O)C12CC(O[C@H]3CCCc4c(C#N)nn(-c5ccc(F)c(N[C@@H](C)c6ccc7c(c6)OC(F)(F)O7)c5)c43)(C1)C2. The predicted octanol–water partition coefficient (Wildman–Crippen LogP) is 5.87. The van der Waals surface area contributed by atoms with Gasteiger partial charge in [-0.1, -0.05) is 6.07 Å². The van der Waals surface area contributed by atoms with E-state index in [4.69, 9.17) is 9.47 Å². The lowest BCUT2D eigenvalue weighted by atomic mass is 9.41. The Morgan fingerprint density at radius 2 is 1.95 bits per heavy atom. The van der Waals surface area contributed by atoms with E-state index in [-0.39, 0.29) is 29.3 Å². The second-order valence-electron chi connectivity index (χ2n) is 11.6. The van der Waals surface area contributed by atoms with E-state index in [0.717, 1.165) is 24.1 Å². The molecule has 12 heteroatoms. The molecule has 0 unspecified atom stereocenters. The molecule has 218 valence electrons. The van der Waals surface area contributed by atoms with Gasteiger partial charge in [0.25, 0.3) is 0 Å². The number of aromatic nitrogens is 2. The van der Waals surface area contributed by atoms with Gasteiger partial charge in [-0.25, -0.2) is 9.07 Å². The van der Waals surface area contributed by atoms with Gasteiger partial charge in [-0.3, -0.25) is 4.79 Å². The summed E-state index contributed by atoms with van der Waals surface area (Å²) in [5.74, 6) is -0.889. The van der Waals surface area contributed by atoms with Crippen LogP contribution in [-0.2, 0) is 20.7 Å². The average molecular weight is 581 g/mol. The summed E-state index contributed by atoms with van der Waals surface area (Å²) in [6.07, 6.45) is -0.0242. The number of hydrogen-bond acceptors (Lipinski definition) is 8. The first-order chi connectivity index (χ1) is 20.0. The topological polar surface area (TPSA) is 108 Å². The number of carbonyl (C=O) groups is 1. The van der Waals surface area contributed by atoms with Gasteiger partial charge in [0.05, 0.1) is 35.2 Å². The number of benzene rings is 2. The first kappa shape index (κ1) is 26.6. The number of halogens is 3. The van der Waals surface area contributed by atoms with Crippen LogP contribution in [0.1, 0.15) is 73.7 Å². The number of esters is 1. The zero-order valence-electron chi connectivity index (χ0n) is 22.9. The summed E-state index contributed by atoms with van der Waals surface area (Å²) in [7, 11) is 1.40. The van der Waals surface area contributed by atoms with E-state index in [1.54, 1.807) is 29.8 Å². The van der Waals surface area contributed by atoms with Crippen LogP contribution >= 0.6 is 0 Å². The Balaban J connectivity index is 1.16. The van der Waals surface area contributed by atoms with Crippen molar-refractivity contribution >= 4 is 11.7 Å².